The number of hydrogen-bond acceptors (Lipinski definition) is 7. The molecule has 46 heavy (non-hydrogen) atoms. The van der Waals surface area contributed by atoms with Crippen LogP contribution in [0.15, 0.2) is 65.6 Å². The third kappa shape index (κ3) is 7.26. The fourth-order valence-corrected chi connectivity index (χ4v) is 5.88. The Hall–Kier alpha value is -5.02. The average Bonchev–Trinajstić information content (AvgIpc) is 3.02. The maximum atomic E-state index is 13.3. The highest BCUT2D eigenvalue weighted by Gasteiger charge is 2.22. The van der Waals surface area contributed by atoms with Crippen molar-refractivity contribution < 1.29 is 19.7 Å². The van der Waals surface area contributed by atoms with Crippen LogP contribution in [0, 0.1) is 12.3 Å². The number of hydrogen-bond donors (Lipinski definition) is 4. The number of nitrogens with one attached hydrogen (secondary N) is 2. The zero-order valence-corrected chi connectivity index (χ0v) is 27.3. The van der Waals surface area contributed by atoms with E-state index in [-0.39, 0.29) is 12.0 Å². The molecule has 3 aromatic carbocycles. The van der Waals surface area contributed by atoms with E-state index >= 15 is 0 Å². The summed E-state index contributed by atoms with van der Waals surface area (Å²) in [7, 11) is 1.84. The second kappa shape index (κ2) is 14.4. The Balaban J connectivity index is 0.000000541. The summed E-state index contributed by atoms with van der Waals surface area (Å²) < 4.78 is 7.83. The molecule has 0 amide bonds. The minimum Gasteiger partial charge on any atom is -0.493 e. The molecule has 5 aromatic rings. The van der Waals surface area contributed by atoms with E-state index in [0.29, 0.717) is 13.2 Å². The number of carboxylic acid groups (broad SMARTS) is 1. The summed E-state index contributed by atoms with van der Waals surface area (Å²) in [5.41, 5.74) is 9.80. The molecule has 1 aliphatic heterocycles. The summed E-state index contributed by atoms with van der Waals surface area (Å²) in [6, 6.07) is 18.0. The van der Waals surface area contributed by atoms with Gasteiger partial charge in [0.1, 0.15) is 5.75 Å². The van der Waals surface area contributed by atoms with Gasteiger partial charge in [-0.15, -0.1) is 0 Å². The van der Waals surface area contributed by atoms with Crippen molar-refractivity contribution in [1.82, 2.24) is 9.55 Å². The molecular formula is C37H42N4O5. The summed E-state index contributed by atoms with van der Waals surface area (Å²) in [6.07, 6.45) is 4.97. The fourth-order valence-electron chi connectivity index (χ4n) is 5.88. The molecule has 9 nitrogen and oxygen atoms in total. The third-order valence-corrected chi connectivity index (χ3v) is 7.70. The van der Waals surface area contributed by atoms with E-state index in [1.807, 2.05) is 42.1 Å². The standard InChI is InChI=1S/C32H30N4O2.C4H10O.CH2O2/c1-4-23-19(2)15-27-24(7-10-29(37)36(27)18-20-5-8-26(34-3)22(16-20)17-33)31(23)25-6-9-28-30-21(12-14-38-28)11-13-35-32(25)30;1-4(2,3)5;2-1-3/h5-11,13,15-17,33-34H,4,12,14,18H2,1-3H3;5H,1-3H3;1H,(H,2,3). The van der Waals surface area contributed by atoms with Crippen LogP contribution < -0.4 is 15.6 Å². The van der Waals surface area contributed by atoms with E-state index in [4.69, 9.17) is 30.1 Å². The summed E-state index contributed by atoms with van der Waals surface area (Å²) >= 11 is 0. The minimum absolute atomic E-state index is 0.0513. The van der Waals surface area contributed by atoms with Crippen LogP contribution in [0.25, 0.3) is 32.9 Å². The van der Waals surface area contributed by atoms with Gasteiger partial charge in [-0.05, 0) is 104 Å². The second-order valence-electron chi connectivity index (χ2n) is 12.1. The van der Waals surface area contributed by atoms with E-state index in [1.165, 1.54) is 17.3 Å². The number of aliphatic hydroxyl groups is 1. The first-order chi connectivity index (χ1) is 21.9. The lowest BCUT2D eigenvalue weighted by Crippen LogP contribution is -2.20. The zero-order valence-electron chi connectivity index (χ0n) is 27.3. The molecule has 1 aliphatic rings. The fraction of sp³-hybridized carbons (Fsp3) is 0.297. The predicted molar refractivity (Wildman–Crippen MR) is 186 cm³/mol. The molecule has 2 aromatic heterocycles. The maximum Gasteiger partial charge on any atom is 0.290 e. The van der Waals surface area contributed by atoms with Gasteiger partial charge in [0.2, 0.25) is 0 Å². The molecular weight excluding hydrogens is 580 g/mol. The number of carbonyl (C=O) groups is 1. The summed E-state index contributed by atoms with van der Waals surface area (Å²) in [4.78, 5) is 26.5. The lowest BCUT2D eigenvalue weighted by Gasteiger charge is -2.22. The molecule has 240 valence electrons. The van der Waals surface area contributed by atoms with Crippen molar-refractivity contribution in [3.05, 3.63) is 99.0 Å². The Morgan fingerprint density at radius 1 is 1.11 bits per heavy atom. The number of aryl methyl sites for hydroxylation is 1. The van der Waals surface area contributed by atoms with E-state index in [2.05, 4.69) is 43.4 Å². The number of anilines is 1. The molecule has 6 rings (SSSR count). The van der Waals surface area contributed by atoms with Gasteiger partial charge in [0.15, 0.2) is 0 Å². The summed E-state index contributed by atoms with van der Waals surface area (Å²) in [5.74, 6) is 0.886. The van der Waals surface area contributed by atoms with Crippen LogP contribution in [0.1, 0.15) is 55.5 Å². The molecule has 3 heterocycles. The second-order valence-corrected chi connectivity index (χ2v) is 12.1. The lowest BCUT2D eigenvalue weighted by atomic mass is 9.88. The first-order valence-electron chi connectivity index (χ1n) is 15.3. The van der Waals surface area contributed by atoms with Gasteiger partial charge in [-0.1, -0.05) is 13.0 Å². The van der Waals surface area contributed by atoms with Crippen molar-refractivity contribution in [2.24, 2.45) is 0 Å². The molecule has 0 aliphatic carbocycles. The van der Waals surface area contributed by atoms with E-state index in [1.54, 1.807) is 26.8 Å². The first kappa shape index (κ1) is 33.9. The topological polar surface area (TPSA) is 138 Å². The molecule has 0 saturated heterocycles. The SMILES string of the molecule is CC(C)(C)O.CCc1c(C)cc2c(ccc(=O)n2Cc2ccc(NC)c(C=N)c2)c1-c1ccc2c3c(ccnc13)CCO2.O=CO. The van der Waals surface area contributed by atoms with Gasteiger partial charge in [-0.2, -0.15) is 0 Å². The van der Waals surface area contributed by atoms with Crippen molar-refractivity contribution in [3.63, 3.8) is 0 Å². The Labute approximate surface area is 269 Å². The number of nitrogens with zero attached hydrogens (tertiary/aromatic N) is 2. The molecule has 0 unspecified atom stereocenters. The van der Waals surface area contributed by atoms with E-state index in [9.17, 15) is 4.79 Å². The van der Waals surface area contributed by atoms with Crippen LogP contribution in [-0.4, -0.2) is 51.7 Å². The largest absolute Gasteiger partial charge is 0.493 e. The molecule has 9 heteroatoms. The number of benzene rings is 3. The van der Waals surface area contributed by atoms with Crippen LogP contribution in [0.4, 0.5) is 5.69 Å². The van der Waals surface area contributed by atoms with E-state index in [0.717, 1.165) is 73.9 Å². The van der Waals surface area contributed by atoms with Gasteiger partial charge < -0.3 is 30.2 Å². The monoisotopic (exact) mass is 622 g/mol. The Bertz CT molecular complexity index is 1940. The molecule has 0 spiro atoms. The Kier molecular flexibility index (Phi) is 10.6. The number of ether oxygens (including phenoxy) is 1. The van der Waals surface area contributed by atoms with Crippen LogP contribution >= 0.6 is 0 Å². The quantitative estimate of drug-likeness (QED) is 0.124. The molecule has 0 atom stereocenters. The van der Waals surface area contributed by atoms with Gasteiger partial charge in [0.25, 0.3) is 12.0 Å². The average molecular weight is 623 g/mol. The van der Waals surface area contributed by atoms with E-state index < -0.39 is 5.60 Å². The minimum atomic E-state index is -0.500. The van der Waals surface area contributed by atoms with Gasteiger partial charge in [0.05, 0.1) is 29.8 Å². The molecule has 4 N–H and O–H groups in total. The van der Waals surface area contributed by atoms with Crippen LogP contribution in [0.5, 0.6) is 5.75 Å². The van der Waals surface area contributed by atoms with Crippen LogP contribution in [-0.2, 0) is 24.2 Å². The number of pyridine rings is 2. The van der Waals surface area contributed by atoms with Crippen molar-refractivity contribution in [1.29, 1.82) is 5.41 Å². The number of rotatable bonds is 6. The maximum absolute atomic E-state index is 13.3. The number of fused-ring (bicyclic) bond motifs is 1. The Morgan fingerprint density at radius 2 is 1.83 bits per heavy atom. The third-order valence-electron chi connectivity index (χ3n) is 7.70. The molecule has 0 saturated carbocycles. The summed E-state index contributed by atoms with van der Waals surface area (Å²) in [5, 5.41) is 28.5. The van der Waals surface area contributed by atoms with Crippen molar-refractivity contribution in [2.45, 2.75) is 59.6 Å². The van der Waals surface area contributed by atoms with Crippen molar-refractivity contribution in [2.75, 3.05) is 19.0 Å². The highest BCUT2D eigenvalue weighted by Crippen LogP contribution is 2.42. The van der Waals surface area contributed by atoms with Crippen molar-refractivity contribution >= 4 is 40.2 Å². The Morgan fingerprint density at radius 3 is 2.48 bits per heavy atom. The predicted octanol–water partition coefficient (Wildman–Crippen LogP) is 6.59. The normalized spacial score (nSPS) is 11.9. The first-order valence-corrected chi connectivity index (χ1v) is 15.3. The van der Waals surface area contributed by atoms with Crippen molar-refractivity contribution in [3.8, 4) is 16.9 Å². The van der Waals surface area contributed by atoms with Gasteiger partial charge >= 0.3 is 0 Å². The van der Waals surface area contributed by atoms with Crippen LogP contribution in [0.2, 0.25) is 0 Å². The van der Waals surface area contributed by atoms with Gasteiger partial charge in [0, 0.05) is 59.5 Å². The van der Waals surface area contributed by atoms with Gasteiger partial charge in [-0.25, -0.2) is 0 Å². The molecule has 0 fully saturated rings. The lowest BCUT2D eigenvalue weighted by molar-refractivity contribution is -0.122. The highest BCUT2D eigenvalue weighted by molar-refractivity contribution is 6.07. The zero-order chi connectivity index (χ0) is 33.6. The highest BCUT2D eigenvalue weighted by atomic mass is 16.5. The van der Waals surface area contributed by atoms with Crippen LogP contribution in [0.3, 0.4) is 0 Å². The molecule has 0 radical (unpaired) electrons. The summed E-state index contributed by atoms with van der Waals surface area (Å²) in [6.45, 7) is 10.4. The van der Waals surface area contributed by atoms with Gasteiger partial charge in [-0.3, -0.25) is 14.6 Å². The smallest absolute Gasteiger partial charge is 0.290 e. The molecule has 0 bridgehead atoms. The number of aromatic nitrogens is 2.